The summed E-state index contributed by atoms with van der Waals surface area (Å²) in [6, 6.07) is 1.06. The third-order valence-corrected chi connectivity index (χ3v) is 9.07. The van der Waals surface area contributed by atoms with Crippen LogP contribution in [0.3, 0.4) is 0 Å². The lowest BCUT2D eigenvalue weighted by Gasteiger charge is -2.28. The molecule has 9 atom stereocenters. The van der Waals surface area contributed by atoms with Crippen LogP contribution in [0.15, 0.2) is 34.5 Å². The number of halogens is 1. The molecule has 0 radical (unpaired) electrons. The van der Waals surface area contributed by atoms with Crippen molar-refractivity contribution in [1.82, 2.24) is 29.1 Å². The van der Waals surface area contributed by atoms with Crippen molar-refractivity contribution in [3.63, 3.8) is 0 Å². The first-order valence-electron chi connectivity index (χ1n) is 12.5. The summed E-state index contributed by atoms with van der Waals surface area (Å²) >= 11 is 0. The lowest BCUT2D eigenvalue weighted by atomic mass is 10.1. The van der Waals surface area contributed by atoms with E-state index in [-0.39, 0.29) is 23.4 Å². The summed E-state index contributed by atoms with van der Waals surface area (Å²) in [5, 5.41) is 0. The van der Waals surface area contributed by atoms with Crippen molar-refractivity contribution in [2.75, 3.05) is 26.1 Å². The number of nitrogens with zero attached hydrogens (tertiary/aromatic N) is 5. The molecule has 43 heavy (non-hydrogen) atoms. The topological polar surface area (TPSA) is 253 Å². The lowest BCUT2D eigenvalue weighted by Crippen LogP contribution is -2.36. The van der Waals surface area contributed by atoms with Gasteiger partial charge in [0, 0.05) is 18.7 Å². The molecule has 0 aliphatic carbocycles. The number of phosphoric acid groups is 2. The van der Waals surface area contributed by atoms with E-state index in [1.807, 2.05) is 0 Å². The van der Waals surface area contributed by atoms with Crippen molar-refractivity contribution in [2.45, 2.75) is 49.5 Å². The Bertz CT molecular complexity index is 1720. The van der Waals surface area contributed by atoms with E-state index in [1.54, 1.807) is 0 Å². The molecule has 3 aliphatic rings. The molecular weight excluding hydrogens is 627 g/mol. The Hall–Kier alpha value is -2.94. The first-order valence-corrected chi connectivity index (χ1v) is 15.4. The number of fused-ring (bicyclic) bond motifs is 3. The second-order valence-corrected chi connectivity index (χ2v) is 12.4. The van der Waals surface area contributed by atoms with Gasteiger partial charge in [-0.05, 0) is 0 Å². The number of hydrogen-bond acceptors (Lipinski definition) is 16. The van der Waals surface area contributed by atoms with Crippen molar-refractivity contribution in [3.05, 3.63) is 45.8 Å². The van der Waals surface area contributed by atoms with Gasteiger partial charge < -0.3 is 20.1 Å². The third kappa shape index (κ3) is 5.94. The number of imidazole rings is 1. The average Bonchev–Trinajstić information content (AvgIpc) is 3.63. The fourth-order valence-electron chi connectivity index (χ4n) is 4.86. The fourth-order valence-corrected chi connectivity index (χ4v) is 7.03. The number of ether oxygens (including phenoxy) is 2. The smallest absolute Gasteiger partial charge is 0.382 e. The van der Waals surface area contributed by atoms with Crippen LogP contribution in [0.2, 0.25) is 0 Å². The van der Waals surface area contributed by atoms with Crippen LogP contribution in [0.5, 0.6) is 0 Å². The van der Waals surface area contributed by atoms with Crippen molar-refractivity contribution >= 4 is 32.6 Å². The number of aromatic amines is 1. The molecule has 4 N–H and O–H groups in total. The Morgan fingerprint density at radius 2 is 1.88 bits per heavy atom. The predicted octanol–water partition coefficient (Wildman–Crippen LogP) is 0.0854. The third-order valence-electron chi connectivity index (χ3n) is 6.75. The highest BCUT2D eigenvalue weighted by Gasteiger charge is 2.53. The summed E-state index contributed by atoms with van der Waals surface area (Å²) < 4.78 is 82.3. The molecule has 3 aromatic heterocycles. The second kappa shape index (κ2) is 11.5. The van der Waals surface area contributed by atoms with Crippen molar-refractivity contribution in [3.8, 4) is 0 Å². The largest absolute Gasteiger partial charge is 0.502 e. The highest BCUT2D eigenvalue weighted by molar-refractivity contribution is 7.48. The molecule has 3 aliphatic heterocycles. The summed E-state index contributed by atoms with van der Waals surface area (Å²) in [7, 11) is -8.67. The van der Waals surface area contributed by atoms with Crippen LogP contribution in [0.4, 0.5) is 10.2 Å². The highest BCUT2D eigenvalue weighted by atomic mass is 31.2. The van der Waals surface area contributed by atoms with Crippen molar-refractivity contribution in [1.29, 1.82) is 0 Å². The van der Waals surface area contributed by atoms with Gasteiger partial charge in [0.2, 0.25) is 0 Å². The summed E-state index contributed by atoms with van der Waals surface area (Å²) in [4.78, 5) is 52.8. The number of rotatable bonds is 4. The van der Waals surface area contributed by atoms with E-state index in [1.165, 1.54) is 10.9 Å². The molecule has 20 nitrogen and oxygen atoms in total. The molecule has 3 fully saturated rings. The molecule has 6 rings (SSSR count). The van der Waals surface area contributed by atoms with Gasteiger partial charge in [-0.15, -0.1) is 4.67 Å². The molecule has 234 valence electrons. The maximum Gasteiger partial charge on any atom is 0.502 e. The summed E-state index contributed by atoms with van der Waals surface area (Å²) in [5.74, 6) is 0.0217. The van der Waals surface area contributed by atoms with Crippen LogP contribution in [-0.4, -0.2) is 84.9 Å². The normalized spacial score (nSPS) is 37.0. The molecule has 0 bridgehead atoms. The number of anilines is 1. The highest BCUT2D eigenvalue weighted by Crippen LogP contribution is 2.56. The molecule has 6 heterocycles. The molecule has 0 spiro atoms. The number of nitrogens with two attached hydrogens (primary N) is 1. The molecule has 3 aromatic rings. The Labute approximate surface area is 238 Å². The van der Waals surface area contributed by atoms with Gasteiger partial charge in [0.15, 0.2) is 23.9 Å². The van der Waals surface area contributed by atoms with Crippen LogP contribution >= 0.6 is 15.6 Å². The monoisotopic (exact) mass is 651 g/mol. The van der Waals surface area contributed by atoms with Gasteiger partial charge in [0.05, 0.1) is 26.7 Å². The minimum atomic E-state index is -4.91. The van der Waals surface area contributed by atoms with Gasteiger partial charge in [-0.2, -0.15) is 0 Å². The fraction of sp³-hybridized carbons (Fsp3) is 0.550. The average molecular weight is 651 g/mol. The first kappa shape index (κ1) is 30.1. The van der Waals surface area contributed by atoms with E-state index in [9.17, 15) is 23.6 Å². The Morgan fingerprint density at radius 1 is 1.09 bits per heavy atom. The Balaban J connectivity index is 1.29. The number of alkyl halides is 1. The van der Waals surface area contributed by atoms with Crippen LogP contribution in [0, 0.1) is 0 Å². The van der Waals surface area contributed by atoms with Crippen molar-refractivity contribution < 1.29 is 55.5 Å². The van der Waals surface area contributed by atoms with Crippen LogP contribution in [0.25, 0.3) is 11.2 Å². The molecule has 23 heteroatoms. The van der Waals surface area contributed by atoms with Crippen LogP contribution in [-0.2, 0) is 46.3 Å². The van der Waals surface area contributed by atoms with Crippen LogP contribution in [0.1, 0.15) is 18.9 Å². The van der Waals surface area contributed by atoms with Gasteiger partial charge in [0.1, 0.15) is 42.5 Å². The molecule has 2 unspecified atom stereocenters. The standard InChI is InChI=1S/C20H24FN7O13P2/c1-34-41-43(33)36-5-10-9(4-13(37-10)27-3-2-12(29)26-20(27)30)39-42(31,32)35-6-11-16(40-43)14(21)19(38-11)28-8-25-15-17(22)23-7-24-18(15)28/h2-3,7-11,13-14,16,19H,4-6H2,1H3,(H,31,32)(H2,22,23,24)(H,26,29,30)/t9-,10+,11+,13+,14+,16+,19+,43?/m0/s1. The minimum Gasteiger partial charge on any atom is -0.382 e. The number of nitrogens with one attached hydrogen (secondary N) is 1. The van der Waals surface area contributed by atoms with Gasteiger partial charge in [-0.1, -0.05) is 0 Å². The zero-order valence-corrected chi connectivity index (χ0v) is 23.7. The number of hydrogen-bond donors (Lipinski definition) is 3. The quantitative estimate of drug-likeness (QED) is 0.192. The predicted molar refractivity (Wildman–Crippen MR) is 136 cm³/mol. The molecule has 0 saturated carbocycles. The zero-order valence-electron chi connectivity index (χ0n) is 21.9. The molecule has 0 amide bonds. The van der Waals surface area contributed by atoms with Gasteiger partial charge >= 0.3 is 21.3 Å². The van der Waals surface area contributed by atoms with Crippen LogP contribution < -0.4 is 17.0 Å². The minimum absolute atomic E-state index is 0.0217. The number of phosphoric ester groups is 2. The van der Waals surface area contributed by atoms with E-state index >= 15 is 4.39 Å². The number of aromatic nitrogens is 6. The maximum atomic E-state index is 16.0. The molecular formula is C20H24FN7O13P2. The second-order valence-electron chi connectivity index (χ2n) is 9.44. The van der Waals surface area contributed by atoms with Gasteiger partial charge in [0.25, 0.3) is 5.56 Å². The summed E-state index contributed by atoms with van der Waals surface area (Å²) in [5.41, 5.74) is 4.58. The van der Waals surface area contributed by atoms with E-state index in [2.05, 4.69) is 24.8 Å². The van der Waals surface area contributed by atoms with Gasteiger partial charge in [-0.3, -0.25) is 37.0 Å². The van der Waals surface area contributed by atoms with Crippen molar-refractivity contribution in [2.24, 2.45) is 0 Å². The summed E-state index contributed by atoms with van der Waals surface area (Å²) in [6.45, 7) is -1.48. The Morgan fingerprint density at radius 3 is 2.65 bits per heavy atom. The first-order chi connectivity index (χ1) is 20.5. The van der Waals surface area contributed by atoms with E-state index < -0.39 is 83.2 Å². The number of nitrogen functional groups attached to an aromatic ring is 1. The summed E-state index contributed by atoms with van der Waals surface area (Å²) in [6.07, 6.45) is -7.31. The van der Waals surface area contributed by atoms with Gasteiger partial charge in [-0.25, -0.2) is 38.2 Å². The zero-order chi connectivity index (χ0) is 30.5. The van der Waals surface area contributed by atoms with E-state index in [0.29, 0.717) is 0 Å². The Kier molecular flexibility index (Phi) is 8.07. The lowest BCUT2D eigenvalue weighted by molar-refractivity contribution is -0.208. The van der Waals surface area contributed by atoms with E-state index in [0.717, 1.165) is 30.3 Å². The van der Waals surface area contributed by atoms with E-state index in [4.69, 9.17) is 38.0 Å². The SMILES string of the molecule is COOP1(=O)OC[C@H]2O[C@@H](n3ccc(=O)[nH]c3=O)C[C@@H]2OP(=O)(O)OC[C@H]2O[C@@H](n3cnc4c(N)ncnc43)[C@H](F)[C@@H]2O1. The maximum absolute atomic E-state index is 16.0. The molecule has 3 saturated heterocycles. The number of H-pyrrole nitrogens is 1. The molecule has 0 aromatic carbocycles.